The van der Waals surface area contributed by atoms with Gasteiger partial charge in [0.2, 0.25) is 0 Å². The molecule has 1 aliphatic heterocycles. The molecule has 1 aromatic carbocycles. The molecule has 0 atom stereocenters. The molecule has 11 heteroatoms. The van der Waals surface area contributed by atoms with E-state index in [4.69, 9.17) is 23.7 Å². The molecule has 0 saturated carbocycles. The first-order valence-corrected chi connectivity index (χ1v) is 11.2. The Morgan fingerprint density at radius 3 is 1.68 bits per heavy atom. The third kappa shape index (κ3) is 9.76. The topological polar surface area (TPSA) is 99.9 Å². The smallest absolute Gasteiger partial charge is 0.251 e. The van der Waals surface area contributed by atoms with Crippen molar-refractivity contribution in [3.8, 4) is 0 Å². The van der Waals surface area contributed by atoms with Crippen LogP contribution in [0.4, 0.5) is 16.5 Å². The number of hydrogen-bond acceptors (Lipinski definition) is 11. The first-order chi connectivity index (χ1) is 15.4. The molecule has 1 fully saturated rings. The van der Waals surface area contributed by atoms with E-state index in [1.54, 1.807) is 5.51 Å². The normalized spacial score (nSPS) is 19.2. The summed E-state index contributed by atoms with van der Waals surface area (Å²) in [7, 11) is 0. The van der Waals surface area contributed by atoms with Gasteiger partial charge >= 0.3 is 0 Å². The third-order valence-electron chi connectivity index (χ3n) is 4.31. The summed E-state index contributed by atoms with van der Waals surface area (Å²) in [5.74, 6) is 0. The quantitative estimate of drug-likeness (QED) is 0.657. The van der Waals surface area contributed by atoms with Gasteiger partial charge in [0, 0.05) is 18.8 Å². The predicted octanol–water partition coefficient (Wildman–Crippen LogP) is 2.86. The highest BCUT2D eigenvalue weighted by molar-refractivity contribution is 7.13. The van der Waals surface area contributed by atoms with Crippen molar-refractivity contribution < 1.29 is 23.7 Å². The number of azo groups is 1. The summed E-state index contributed by atoms with van der Waals surface area (Å²) in [6.07, 6.45) is 0. The molecule has 3 rings (SSSR count). The van der Waals surface area contributed by atoms with Crippen LogP contribution < -0.4 is 4.90 Å². The summed E-state index contributed by atoms with van der Waals surface area (Å²) in [5.41, 5.74) is 3.45. The van der Waals surface area contributed by atoms with Gasteiger partial charge in [0.1, 0.15) is 5.51 Å². The molecular formula is C20H29N5O5S. The van der Waals surface area contributed by atoms with Crippen LogP contribution in [0.5, 0.6) is 0 Å². The van der Waals surface area contributed by atoms with Crippen LogP contribution in [0.2, 0.25) is 0 Å². The summed E-state index contributed by atoms with van der Waals surface area (Å²) in [6.45, 7) is 7.13. The number of ether oxygens (including phenoxy) is 5. The molecule has 0 N–H and O–H groups in total. The zero-order valence-electron chi connectivity index (χ0n) is 17.6. The van der Waals surface area contributed by atoms with Crippen molar-refractivity contribution in [3.63, 3.8) is 0 Å². The van der Waals surface area contributed by atoms with Crippen LogP contribution in [0.1, 0.15) is 0 Å². The largest absolute Gasteiger partial charge is 0.377 e. The Bertz CT molecular complexity index is 714. The first-order valence-electron chi connectivity index (χ1n) is 10.3. The van der Waals surface area contributed by atoms with Gasteiger partial charge in [0.15, 0.2) is 0 Å². The van der Waals surface area contributed by atoms with Crippen LogP contribution in [0.3, 0.4) is 0 Å². The van der Waals surface area contributed by atoms with Crippen LogP contribution in [0.25, 0.3) is 0 Å². The van der Waals surface area contributed by atoms with Gasteiger partial charge in [-0.1, -0.05) is 11.3 Å². The minimum Gasteiger partial charge on any atom is -0.377 e. The lowest BCUT2D eigenvalue weighted by Crippen LogP contribution is -2.31. The second-order valence-corrected chi connectivity index (χ2v) is 7.30. The average molecular weight is 452 g/mol. The number of nitrogens with zero attached hydrogens (tertiary/aromatic N) is 5. The maximum atomic E-state index is 5.72. The summed E-state index contributed by atoms with van der Waals surface area (Å²) < 4.78 is 27.9. The Balaban J connectivity index is 1.51. The lowest BCUT2D eigenvalue weighted by molar-refractivity contribution is -0.0116. The molecule has 170 valence electrons. The van der Waals surface area contributed by atoms with Crippen LogP contribution in [-0.4, -0.2) is 89.4 Å². The highest BCUT2D eigenvalue weighted by Crippen LogP contribution is 2.22. The zero-order chi connectivity index (χ0) is 21.4. The lowest BCUT2D eigenvalue weighted by atomic mass is 10.2. The monoisotopic (exact) mass is 451 g/mol. The predicted molar refractivity (Wildman–Crippen MR) is 117 cm³/mol. The Morgan fingerprint density at radius 2 is 1.19 bits per heavy atom. The molecule has 2 aromatic rings. The molecule has 1 saturated heterocycles. The lowest BCUT2D eigenvalue weighted by Gasteiger charge is -2.25. The summed E-state index contributed by atoms with van der Waals surface area (Å²) in [5, 5.41) is 16.4. The molecule has 1 aromatic heterocycles. The van der Waals surface area contributed by atoms with Gasteiger partial charge < -0.3 is 28.6 Å². The standard InChI is InChI=1S/C20H29N5O5S/c1-3-19(4-2-18(1)22-24-20-23-21-17-31-20)25-5-7-26-9-11-28-13-15-30-16-14-29-12-10-27-8-6-25/h1-4,17H,5-16H2. The maximum absolute atomic E-state index is 5.72. The van der Waals surface area contributed by atoms with Crippen molar-refractivity contribution in [3.05, 3.63) is 29.8 Å². The van der Waals surface area contributed by atoms with Crippen molar-refractivity contribution in [2.24, 2.45) is 10.2 Å². The summed E-state index contributed by atoms with van der Waals surface area (Å²) >= 11 is 1.34. The van der Waals surface area contributed by atoms with Crippen molar-refractivity contribution in [1.29, 1.82) is 0 Å². The van der Waals surface area contributed by atoms with E-state index in [9.17, 15) is 0 Å². The SMILES string of the molecule is c1nnc(N=Nc2ccc(N3CCOCCOCCOCCOCCOCC3)cc2)s1. The molecule has 1 aliphatic rings. The van der Waals surface area contributed by atoms with Crippen LogP contribution in [0, 0.1) is 0 Å². The minimum absolute atomic E-state index is 0.534. The molecule has 0 radical (unpaired) electrons. The Morgan fingerprint density at radius 1 is 0.677 bits per heavy atom. The van der Waals surface area contributed by atoms with Gasteiger partial charge in [-0.15, -0.1) is 20.4 Å². The highest BCUT2D eigenvalue weighted by atomic mass is 32.1. The fourth-order valence-electron chi connectivity index (χ4n) is 2.74. The van der Waals surface area contributed by atoms with E-state index >= 15 is 0 Å². The van der Waals surface area contributed by atoms with Gasteiger partial charge in [-0.2, -0.15) is 0 Å². The van der Waals surface area contributed by atoms with Crippen molar-refractivity contribution in [2.45, 2.75) is 0 Å². The van der Waals surface area contributed by atoms with Crippen LogP contribution >= 0.6 is 11.3 Å². The molecule has 0 unspecified atom stereocenters. The van der Waals surface area contributed by atoms with Crippen LogP contribution in [-0.2, 0) is 23.7 Å². The Hall–Kier alpha value is -2.02. The molecule has 0 spiro atoms. The van der Waals surface area contributed by atoms with Gasteiger partial charge in [0.25, 0.3) is 5.13 Å². The third-order valence-corrected chi connectivity index (χ3v) is 4.89. The molecule has 10 nitrogen and oxygen atoms in total. The van der Waals surface area contributed by atoms with E-state index in [1.807, 2.05) is 24.3 Å². The van der Waals surface area contributed by atoms with E-state index in [1.165, 1.54) is 11.3 Å². The fourth-order valence-corrected chi connectivity index (χ4v) is 3.11. The van der Waals surface area contributed by atoms with Crippen molar-refractivity contribution in [2.75, 3.05) is 84.1 Å². The molecule has 0 bridgehead atoms. The van der Waals surface area contributed by atoms with Gasteiger partial charge in [0.05, 0.1) is 71.8 Å². The molecule has 0 aliphatic carbocycles. The van der Waals surface area contributed by atoms with Crippen molar-refractivity contribution >= 4 is 27.8 Å². The highest BCUT2D eigenvalue weighted by Gasteiger charge is 2.07. The van der Waals surface area contributed by atoms with E-state index in [0.717, 1.165) is 24.5 Å². The van der Waals surface area contributed by atoms with E-state index < -0.39 is 0 Å². The average Bonchev–Trinajstić information content (AvgIpc) is 3.32. The first kappa shape index (κ1) is 23.6. The van der Waals surface area contributed by atoms with E-state index in [2.05, 4.69) is 25.3 Å². The van der Waals surface area contributed by atoms with Gasteiger partial charge in [-0.3, -0.25) is 0 Å². The zero-order valence-corrected chi connectivity index (χ0v) is 18.4. The number of aromatic nitrogens is 2. The second kappa shape index (κ2) is 14.9. The Labute approximate surface area is 186 Å². The summed E-state index contributed by atoms with van der Waals surface area (Å²) in [4.78, 5) is 2.23. The Kier molecular flexibility index (Phi) is 11.4. The molecule has 31 heavy (non-hydrogen) atoms. The summed E-state index contributed by atoms with van der Waals surface area (Å²) in [6, 6.07) is 7.90. The van der Waals surface area contributed by atoms with Gasteiger partial charge in [-0.25, -0.2) is 0 Å². The van der Waals surface area contributed by atoms with Gasteiger partial charge in [-0.05, 0) is 24.3 Å². The molecule has 0 amide bonds. The number of hydrogen-bond donors (Lipinski definition) is 0. The molecular weight excluding hydrogens is 422 g/mol. The number of anilines is 1. The molecule has 2 heterocycles. The fraction of sp³-hybridized carbons (Fsp3) is 0.600. The number of rotatable bonds is 3. The maximum Gasteiger partial charge on any atom is 0.251 e. The number of benzene rings is 1. The van der Waals surface area contributed by atoms with E-state index in [-0.39, 0.29) is 0 Å². The van der Waals surface area contributed by atoms with Crippen LogP contribution in [0.15, 0.2) is 40.0 Å². The second-order valence-electron chi connectivity index (χ2n) is 6.49. The van der Waals surface area contributed by atoms with E-state index in [0.29, 0.717) is 71.2 Å². The minimum atomic E-state index is 0.534. The van der Waals surface area contributed by atoms with Crippen molar-refractivity contribution in [1.82, 2.24) is 10.2 Å².